The minimum absolute atomic E-state index is 0.0385. The number of nitrogens with zero attached hydrogens (tertiary/aromatic N) is 2. The van der Waals surface area contributed by atoms with Crippen molar-refractivity contribution in [3.05, 3.63) is 57.7 Å². The fourth-order valence-electron chi connectivity index (χ4n) is 2.27. The van der Waals surface area contributed by atoms with Crippen LogP contribution in [0.4, 0.5) is 13.2 Å². The van der Waals surface area contributed by atoms with Gasteiger partial charge in [0.15, 0.2) is 10.6 Å². The van der Waals surface area contributed by atoms with E-state index in [9.17, 15) is 18.0 Å². The van der Waals surface area contributed by atoms with E-state index in [0.717, 1.165) is 17.0 Å². The zero-order valence-electron chi connectivity index (χ0n) is 13.2. The molecule has 1 amide bonds. The topological polar surface area (TPSA) is 62.7 Å². The van der Waals surface area contributed by atoms with E-state index in [1.165, 1.54) is 23.5 Å². The highest BCUT2D eigenvalue weighted by Crippen LogP contribution is 2.29. The number of benzene rings is 1. The zero-order valence-corrected chi connectivity index (χ0v) is 14.8. The highest BCUT2D eigenvalue weighted by atomic mass is 32.1. The van der Waals surface area contributed by atoms with Gasteiger partial charge in [-0.15, -0.1) is 11.3 Å². The highest BCUT2D eigenvalue weighted by molar-refractivity contribution is 7.71. The maximum atomic E-state index is 12.5. The SMILES string of the molecule is O=C(Cn1c(-c2cccs2)n[nH]c1=S)NCc1ccc(C(F)(F)F)cc1. The molecule has 0 aliphatic carbocycles. The molecule has 0 spiro atoms. The van der Waals surface area contributed by atoms with Gasteiger partial charge in [-0.25, -0.2) is 0 Å². The summed E-state index contributed by atoms with van der Waals surface area (Å²) in [7, 11) is 0. The molecule has 5 nitrogen and oxygen atoms in total. The number of hydrogen-bond donors (Lipinski definition) is 2. The van der Waals surface area contributed by atoms with Gasteiger partial charge in [0.05, 0.1) is 10.4 Å². The van der Waals surface area contributed by atoms with Crippen LogP contribution < -0.4 is 5.32 Å². The first-order valence-corrected chi connectivity index (χ1v) is 8.75. The zero-order chi connectivity index (χ0) is 18.7. The Hall–Kier alpha value is -2.46. The van der Waals surface area contributed by atoms with Gasteiger partial charge in [-0.1, -0.05) is 18.2 Å². The van der Waals surface area contributed by atoms with Crippen molar-refractivity contribution in [1.29, 1.82) is 0 Å². The first kappa shape index (κ1) is 18.3. The van der Waals surface area contributed by atoms with Gasteiger partial charge in [0.1, 0.15) is 6.54 Å². The number of thiophene rings is 1. The van der Waals surface area contributed by atoms with Crippen LogP contribution in [0.25, 0.3) is 10.7 Å². The predicted octanol–water partition coefficient (Wildman–Crippen LogP) is 4.00. The number of hydrogen-bond acceptors (Lipinski definition) is 4. The number of rotatable bonds is 5. The van der Waals surface area contributed by atoms with Gasteiger partial charge in [0.25, 0.3) is 0 Å². The molecule has 2 aromatic heterocycles. The summed E-state index contributed by atoms with van der Waals surface area (Å²) in [4.78, 5) is 13.1. The maximum absolute atomic E-state index is 12.5. The minimum Gasteiger partial charge on any atom is -0.350 e. The van der Waals surface area contributed by atoms with E-state index in [-0.39, 0.29) is 19.0 Å². The molecule has 0 unspecified atom stereocenters. The van der Waals surface area contributed by atoms with Crippen molar-refractivity contribution < 1.29 is 18.0 Å². The molecular weight excluding hydrogens is 385 g/mol. The monoisotopic (exact) mass is 398 g/mol. The van der Waals surface area contributed by atoms with Crippen molar-refractivity contribution in [3.8, 4) is 10.7 Å². The molecule has 0 saturated carbocycles. The van der Waals surface area contributed by atoms with Gasteiger partial charge < -0.3 is 5.32 Å². The maximum Gasteiger partial charge on any atom is 0.416 e. The second-order valence-electron chi connectivity index (χ2n) is 5.39. The summed E-state index contributed by atoms with van der Waals surface area (Å²) in [5.41, 5.74) is -0.154. The van der Waals surface area contributed by atoms with Gasteiger partial charge in [-0.3, -0.25) is 14.5 Å². The molecule has 10 heteroatoms. The quantitative estimate of drug-likeness (QED) is 0.639. The molecule has 0 aliphatic rings. The summed E-state index contributed by atoms with van der Waals surface area (Å²) >= 11 is 6.63. The third-order valence-corrected chi connectivity index (χ3v) is 4.75. The standard InChI is InChI=1S/C16H13F3N4OS2/c17-16(18,19)11-5-3-10(4-6-11)8-20-13(24)9-23-14(21-22-15(23)25)12-2-1-7-26-12/h1-7H,8-9H2,(H,20,24)(H,22,25). The molecule has 3 rings (SSSR count). The van der Waals surface area contributed by atoms with Gasteiger partial charge >= 0.3 is 6.18 Å². The van der Waals surface area contributed by atoms with Crippen LogP contribution in [-0.2, 0) is 24.1 Å². The third-order valence-electron chi connectivity index (χ3n) is 3.57. The normalized spacial score (nSPS) is 11.5. The van der Waals surface area contributed by atoms with Crippen LogP contribution in [0.1, 0.15) is 11.1 Å². The van der Waals surface area contributed by atoms with E-state index in [1.807, 2.05) is 17.5 Å². The molecule has 0 atom stereocenters. The number of carbonyl (C=O) groups is 1. The number of nitrogens with one attached hydrogen (secondary N) is 2. The van der Waals surface area contributed by atoms with Crippen molar-refractivity contribution in [2.24, 2.45) is 0 Å². The second-order valence-corrected chi connectivity index (χ2v) is 6.72. The molecule has 0 fully saturated rings. The summed E-state index contributed by atoms with van der Waals surface area (Å²) in [5.74, 6) is 0.245. The summed E-state index contributed by atoms with van der Waals surface area (Å²) in [5, 5.41) is 11.4. The number of aromatic nitrogens is 3. The third kappa shape index (κ3) is 4.20. The second kappa shape index (κ2) is 7.42. The Morgan fingerprint density at radius 2 is 2.00 bits per heavy atom. The molecule has 0 aliphatic heterocycles. The first-order chi connectivity index (χ1) is 12.3. The van der Waals surface area contributed by atoms with Crippen LogP contribution in [0.5, 0.6) is 0 Å². The Labute approximate surface area is 155 Å². The molecule has 0 saturated heterocycles. The Morgan fingerprint density at radius 1 is 1.27 bits per heavy atom. The Kier molecular flexibility index (Phi) is 5.23. The average Bonchev–Trinajstić information content (AvgIpc) is 3.23. The fourth-order valence-corrected chi connectivity index (χ4v) is 3.19. The molecule has 0 radical (unpaired) electrons. The molecule has 3 aromatic rings. The Balaban J connectivity index is 1.64. The smallest absolute Gasteiger partial charge is 0.350 e. The number of aromatic amines is 1. The average molecular weight is 398 g/mol. The van der Waals surface area contributed by atoms with Crippen molar-refractivity contribution >= 4 is 29.5 Å². The fraction of sp³-hybridized carbons (Fsp3) is 0.188. The van der Waals surface area contributed by atoms with Crippen LogP contribution in [0.15, 0.2) is 41.8 Å². The Morgan fingerprint density at radius 3 is 2.62 bits per heavy atom. The molecular formula is C16H13F3N4OS2. The summed E-state index contributed by atoms with van der Waals surface area (Å²) in [6.45, 7) is 0.0830. The minimum atomic E-state index is -4.38. The van der Waals surface area contributed by atoms with Crippen LogP contribution in [0.3, 0.4) is 0 Å². The van der Waals surface area contributed by atoms with Crippen LogP contribution >= 0.6 is 23.6 Å². The van der Waals surface area contributed by atoms with Gasteiger partial charge in [0, 0.05) is 6.54 Å². The number of amides is 1. The van der Waals surface area contributed by atoms with Crippen LogP contribution in [-0.4, -0.2) is 20.7 Å². The lowest BCUT2D eigenvalue weighted by atomic mass is 10.1. The molecule has 1 aromatic carbocycles. The van der Waals surface area contributed by atoms with Gasteiger partial charge in [-0.2, -0.15) is 18.3 Å². The lowest BCUT2D eigenvalue weighted by molar-refractivity contribution is -0.137. The summed E-state index contributed by atoms with van der Waals surface area (Å²) in [6, 6.07) is 8.39. The molecule has 2 heterocycles. The largest absolute Gasteiger partial charge is 0.416 e. The molecule has 136 valence electrons. The van der Waals surface area contributed by atoms with E-state index in [0.29, 0.717) is 16.2 Å². The Bertz CT molecular complexity index is 943. The van der Waals surface area contributed by atoms with Crippen LogP contribution in [0, 0.1) is 4.77 Å². The van der Waals surface area contributed by atoms with Crippen molar-refractivity contribution in [2.45, 2.75) is 19.3 Å². The van der Waals surface area contributed by atoms with E-state index in [1.54, 1.807) is 4.57 Å². The van der Waals surface area contributed by atoms with E-state index < -0.39 is 11.7 Å². The number of carbonyl (C=O) groups excluding carboxylic acids is 1. The lowest BCUT2D eigenvalue weighted by Crippen LogP contribution is -2.27. The summed E-state index contributed by atoms with van der Waals surface area (Å²) in [6.07, 6.45) is -4.38. The van der Waals surface area contributed by atoms with Crippen molar-refractivity contribution in [2.75, 3.05) is 0 Å². The van der Waals surface area contributed by atoms with Crippen molar-refractivity contribution in [3.63, 3.8) is 0 Å². The number of halogens is 3. The van der Waals surface area contributed by atoms with Gasteiger partial charge in [-0.05, 0) is 41.4 Å². The van der Waals surface area contributed by atoms with E-state index in [4.69, 9.17) is 12.2 Å². The predicted molar refractivity (Wildman–Crippen MR) is 94.0 cm³/mol. The lowest BCUT2D eigenvalue weighted by Gasteiger charge is -2.09. The molecule has 26 heavy (non-hydrogen) atoms. The van der Waals surface area contributed by atoms with Gasteiger partial charge in [0.2, 0.25) is 5.91 Å². The first-order valence-electron chi connectivity index (χ1n) is 7.46. The molecule has 0 bridgehead atoms. The highest BCUT2D eigenvalue weighted by Gasteiger charge is 2.29. The van der Waals surface area contributed by atoms with E-state index in [2.05, 4.69) is 15.5 Å². The number of H-pyrrole nitrogens is 1. The summed E-state index contributed by atoms with van der Waals surface area (Å²) < 4.78 is 39.5. The van der Waals surface area contributed by atoms with Crippen LogP contribution in [0.2, 0.25) is 0 Å². The van der Waals surface area contributed by atoms with Crippen molar-refractivity contribution in [1.82, 2.24) is 20.1 Å². The molecule has 2 N–H and O–H groups in total. The number of alkyl halides is 3. The van der Waals surface area contributed by atoms with E-state index >= 15 is 0 Å².